The molecule has 2 rings (SSSR count). The lowest BCUT2D eigenvalue weighted by molar-refractivity contribution is 0.0574. The number of nitrogens with zero attached hydrogens (tertiary/aromatic N) is 2. The molecule has 0 radical (unpaired) electrons. The lowest BCUT2D eigenvalue weighted by atomic mass is 10.1. The average Bonchev–Trinajstić information content (AvgIpc) is 3.14. The summed E-state index contributed by atoms with van der Waals surface area (Å²) in [5.74, 6) is 0.829. The van der Waals surface area contributed by atoms with Crippen LogP contribution < -0.4 is 10.6 Å². The summed E-state index contributed by atoms with van der Waals surface area (Å²) in [6, 6.07) is 0.339. The highest BCUT2D eigenvalue weighted by Crippen LogP contribution is 2.20. The van der Waals surface area contributed by atoms with E-state index in [0.29, 0.717) is 18.8 Å². The molecule has 0 aromatic rings. The molecule has 0 aromatic carbocycles. The topological polar surface area (TPSA) is 75.2 Å². The van der Waals surface area contributed by atoms with Crippen molar-refractivity contribution in [3.05, 3.63) is 0 Å². The summed E-state index contributed by atoms with van der Waals surface area (Å²) in [6.07, 6.45) is 8.16. The Morgan fingerprint density at radius 1 is 1.19 bits per heavy atom. The van der Waals surface area contributed by atoms with Crippen molar-refractivity contribution < 1.29 is 14.3 Å². The Labute approximate surface area is 174 Å². The van der Waals surface area contributed by atoms with Crippen LogP contribution in [-0.4, -0.2) is 69.0 Å². The molecule has 1 aliphatic heterocycles. The highest BCUT2D eigenvalue weighted by Gasteiger charge is 2.24. The van der Waals surface area contributed by atoms with E-state index in [1.54, 1.807) is 11.9 Å². The summed E-state index contributed by atoms with van der Waals surface area (Å²) in [6.45, 7) is 5.38. The molecule has 0 unspecified atom stereocenters. The van der Waals surface area contributed by atoms with E-state index < -0.39 is 0 Å². The first-order valence-corrected chi connectivity index (χ1v) is 9.73. The monoisotopic (exact) mass is 482 g/mol. The predicted octanol–water partition coefficient (Wildman–Crippen LogP) is 2.74. The third kappa shape index (κ3) is 8.28. The number of hydrogen-bond donors (Lipinski definition) is 2. The van der Waals surface area contributed by atoms with Gasteiger partial charge in [0.1, 0.15) is 0 Å². The van der Waals surface area contributed by atoms with Crippen LogP contribution in [-0.2, 0) is 9.47 Å². The van der Waals surface area contributed by atoms with Crippen LogP contribution in [0, 0.1) is 0 Å². The van der Waals surface area contributed by atoms with Gasteiger partial charge in [-0.15, -0.1) is 24.0 Å². The number of halogens is 1. The summed E-state index contributed by atoms with van der Waals surface area (Å²) in [5.41, 5.74) is 0. The Balaban J connectivity index is 0.00000338. The minimum atomic E-state index is -0.203. The van der Waals surface area contributed by atoms with Crippen molar-refractivity contribution >= 4 is 36.0 Å². The Kier molecular flexibility index (Phi) is 12.0. The minimum absolute atomic E-state index is 0. The SMILES string of the molecule is CCOC(=O)N1CCC(NC(=NC)NCCCOC2CCCC2)CC1.I. The molecule has 8 heteroatoms. The number of piperidine rings is 1. The number of nitrogens with one attached hydrogen (secondary N) is 2. The van der Waals surface area contributed by atoms with E-state index in [0.717, 1.165) is 51.5 Å². The second-order valence-electron chi connectivity index (χ2n) is 6.73. The molecular weight excluding hydrogens is 447 g/mol. The van der Waals surface area contributed by atoms with Crippen LogP contribution >= 0.6 is 24.0 Å². The predicted molar refractivity (Wildman–Crippen MR) is 114 cm³/mol. The third-order valence-electron chi connectivity index (χ3n) is 4.85. The van der Waals surface area contributed by atoms with Crippen LogP contribution in [0.15, 0.2) is 4.99 Å². The van der Waals surface area contributed by atoms with Crippen molar-refractivity contribution in [3.8, 4) is 0 Å². The molecule has 2 fully saturated rings. The smallest absolute Gasteiger partial charge is 0.409 e. The number of carbonyl (C=O) groups excluding carboxylic acids is 1. The molecule has 26 heavy (non-hydrogen) atoms. The van der Waals surface area contributed by atoms with Gasteiger partial charge in [-0.2, -0.15) is 0 Å². The lowest BCUT2D eigenvalue weighted by Crippen LogP contribution is -2.50. The number of aliphatic imine (C=N–C) groups is 1. The summed E-state index contributed by atoms with van der Waals surface area (Å²) in [7, 11) is 1.79. The maximum atomic E-state index is 11.7. The van der Waals surface area contributed by atoms with Crippen molar-refractivity contribution in [1.29, 1.82) is 0 Å². The van der Waals surface area contributed by atoms with Gasteiger partial charge in [0.15, 0.2) is 5.96 Å². The van der Waals surface area contributed by atoms with Crippen molar-refractivity contribution in [2.75, 3.05) is 39.9 Å². The molecule has 0 bridgehead atoms. The highest BCUT2D eigenvalue weighted by atomic mass is 127. The molecule has 2 N–H and O–H groups in total. The Morgan fingerprint density at radius 2 is 1.88 bits per heavy atom. The number of likely N-dealkylation sites (tertiary alicyclic amines) is 1. The molecule has 1 saturated carbocycles. The first kappa shape index (κ1) is 23.3. The van der Waals surface area contributed by atoms with Gasteiger partial charge in [0, 0.05) is 39.3 Å². The molecule has 1 heterocycles. The fraction of sp³-hybridized carbons (Fsp3) is 0.889. The van der Waals surface area contributed by atoms with Crippen LogP contribution in [0.1, 0.15) is 51.9 Å². The Hall–Kier alpha value is -0.770. The molecule has 7 nitrogen and oxygen atoms in total. The summed E-state index contributed by atoms with van der Waals surface area (Å²) < 4.78 is 10.9. The molecule has 1 saturated heterocycles. The maximum absolute atomic E-state index is 11.7. The minimum Gasteiger partial charge on any atom is -0.450 e. The fourth-order valence-electron chi connectivity index (χ4n) is 3.39. The van der Waals surface area contributed by atoms with Crippen molar-refractivity contribution in [1.82, 2.24) is 15.5 Å². The van der Waals surface area contributed by atoms with E-state index >= 15 is 0 Å². The first-order chi connectivity index (χ1) is 12.2. The zero-order valence-corrected chi connectivity index (χ0v) is 18.5. The fourth-order valence-corrected chi connectivity index (χ4v) is 3.39. The average molecular weight is 482 g/mol. The van der Waals surface area contributed by atoms with Gasteiger partial charge in [0.25, 0.3) is 0 Å². The second-order valence-corrected chi connectivity index (χ2v) is 6.73. The highest BCUT2D eigenvalue weighted by molar-refractivity contribution is 14.0. The maximum Gasteiger partial charge on any atom is 0.409 e. The van der Waals surface area contributed by atoms with Gasteiger partial charge in [0.2, 0.25) is 0 Å². The van der Waals surface area contributed by atoms with Crippen LogP contribution in [0.25, 0.3) is 0 Å². The van der Waals surface area contributed by atoms with E-state index in [9.17, 15) is 4.79 Å². The molecule has 0 spiro atoms. The zero-order valence-electron chi connectivity index (χ0n) is 16.2. The first-order valence-electron chi connectivity index (χ1n) is 9.73. The molecule has 1 aliphatic carbocycles. The van der Waals surface area contributed by atoms with E-state index in [-0.39, 0.29) is 30.1 Å². The van der Waals surface area contributed by atoms with Crippen LogP contribution in [0.3, 0.4) is 0 Å². The van der Waals surface area contributed by atoms with Crippen LogP contribution in [0.4, 0.5) is 4.79 Å². The standard InChI is InChI=1S/C18H34N4O3.HI/c1-3-24-18(23)22-12-9-15(10-13-22)21-17(19-2)20-11-6-14-25-16-7-4-5-8-16;/h15-16H,3-14H2,1-2H3,(H2,19,20,21);1H. The molecule has 1 amide bonds. The summed E-state index contributed by atoms with van der Waals surface area (Å²) in [5, 5.41) is 6.80. The Bertz CT molecular complexity index is 423. The van der Waals surface area contributed by atoms with Gasteiger partial charge >= 0.3 is 6.09 Å². The largest absolute Gasteiger partial charge is 0.450 e. The van der Waals surface area contributed by atoms with Gasteiger partial charge in [-0.25, -0.2) is 4.79 Å². The quantitative estimate of drug-likeness (QED) is 0.253. The third-order valence-corrected chi connectivity index (χ3v) is 4.85. The van der Waals surface area contributed by atoms with E-state index in [2.05, 4.69) is 15.6 Å². The number of hydrogen-bond acceptors (Lipinski definition) is 4. The van der Waals surface area contributed by atoms with E-state index in [1.165, 1.54) is 25.7 Å². The molecule has 2 aliphatic rings. The van der Waals surface area contributed by atoms with Gasteiger partial charge < -0.3 is 25.0 Å². The van der Waals surface area contributed by atoms with Crippen molar-refractivity contribution in [2.24, 2.45) is 4.99 Å². The van der Waals surface area contributed by atoms with Crippen LogP contribution in [0.2, 0.25) is 0 Å². The van der Waals surface area contributed by atoms with Gasteiger partial charge in [-0.05, 0) is 39.0 Å². The summed E-state index contributed by atoms with van der Waals surface area (Å²) in [4.78, 5) is 17.8. The van der Waals surface area contributed by atoms with Crippen molar-refractivity contribution in [3.63, 3.8) is 0 Å². The molecule has 152 valence electrons. The lowest BCUT2D eigenvalue weighted by Gasteiger charge is -2.32. The molecule has 0 aromatic heterocycles. The van der Waals surface area contributed by atoms with Gasteiger partial charge in [0.05, 0.1) is 12.7 Å². The van der Waals surface area contributed by atoms with Crippen molar-refractivity contribution in [2.45, 2.75) is 64.0 Å². The molecular formula is C18H35IN4O3. The number of guanidine groups is 1. The van der Waals surface area contributed by atoms with E-state index in [4.69, 9.17) is 9.47 Å². The van der Waals surface area contributed by atoms with Gasteiger partial charge in [-0.1, -0.05) is 12.8 Å². The Morgan fingerprint density at radius 3 is 2.50 bits per heavy atom. The second kappa shape index (κ2) is 13.4. The number of amides is 1. The number of carbonyl (C=O) groups is 1. The molecule has 0 atom stereocenters. The summed E-state index contributed by atoms with van der Waals surface area (Å²) >= 11 is 0. The number of ether oxygens (including phenoxy) is 2. The van der Waals surface area contributed by atoms with Gasteiger partial charge in [-0.3, -0.25) is 4.99 Å². The van der Waals surface area contributed by atoms with E-state index in [1.807, 2.05) is 6.92 Å². The zero-order chi connectivity index (χ0) is 17.9. The van der Waals surface area contributed by atoms with Crippen LogP contribution in [0.5, 0.6) is 0 Å². The normalized spacial score (nSPS) is 19.2. The number of rotatable bonds is 7.